The van der Waals surface area contributed by atoms with E-state index in [4.69, 9.17) is 0 Å². The number of aryl methyl sites for hydroxylation is 2. The predicted octanol–water partition coefficient (Wildman–Crippen LogP) is 5.74. The molecule has 0 saturated carbocycles. The van der Waals surface area contributed by atoms with Crippen LogP contribution in [0, 0.1) is 0 Å². The maximum absolute atomic E-state index is 11.5. The van der Waals surface area contributed by atoms with Gasteiger partial charge in [-0.1, -0.05) is 99.5 Å². The molecule has 2 aromatic carbocycles. The van der Waals surface area contributed by atoms with Crippen LogP contribution in [0.3, 0.4) is 0 Å². The van der Waals surface area contributed by atoms with Crippen molar-refractivity contribution in [3.05, 3.63) is 82.9 Å². The molecule has 2 aromatic rings. The molecule has 0 spiro atoms. The largest absolute Gasteiger partial charge is 0.530 e. The van der Waals surface area contributed by atoms with Crippen LogP contribution in [-0.2, 0) is 12.8 Å². The molecule has 0 N–H and O–H groups in total. The summed E-state index contributed by atoms with van der Waals surface area (Å²) in [5, 5.41) is 11.5. The van der Waals surface area contributed by atoms with Crippen molar-refractivity contribution in [1.82, 2.24) is 4.90 Å². The van der Waals surface area contributed by atoms with Gasteiger partial charge in [-0.05, 0) is 47.9 Å². The van der Waals surface area contributed by atoms with E-state index in [1.165, 1.54) is 16.0 Å². The number of benzene rings is 2. The number of hydrogen-bond donors (Lipinski definition) is 0. The van der Waals surface area contributed by atoms with Crippen LogP contribution < -0.4 is 5.11 Å². The molecule has 0 aliphatic heterocycles. The van der Waals surface area contributed by atoms with Crippen LogP contribution in [0.15, 0.2) is 60.7 Å². The van der Waals surface area contributed by atoms with Crippen molar-refractivity contribution in [1.29, 1.82) is 0 Å². The summed E-state index contributed by atoms with van der Waals surface area (Å²) in [6.45, 7) is 5.00. The lowest BCUT2D eigenvalue weighted by molar-refractivity contribution is -0.264. The second-order valence-electron chi connectivity index (χ2n) is 7.58. The van der Waals surface area contributed by atoms with E-state index in [9.17, 15) is 9.90 Å². The second kappa shape index (κ2) is 13.4. The molecule has 0 aliphatic rings. The highest BCUT2D eigenvalue weighted by Gasteiger charge is 2.02. The average molecular weight is 405 g/mol. The van der Waals surface area contributed by atoms with Crippen molar-refractivity contribution < 1.29 is 9.90 Å². The topological polar surface area (TPSA) is 43.4 Å². The molecule has 160 valence electrons. The molecule has 0 unspecified atom stereocenters. The van der Waals surface area contributed by atoms with Crippen LogP contribution in [0.1, 0.15) is 61.8 Å². The molecule has 1 amide bonds. The molecular weight excluding hydrogens is 370 g/mol. The molecule has 0 heterocycles. The highest BCUT2D eigenvalue weighted by molar-refractivity contribution is 5.64. The van der Waals surface area contributed by atoms with Gasteiger partial charge in [0.15, 0.2) is 0 Å². The van der Waals surface area contributed by atoms with Gasteiger partial charge in [-0.2, -0.15) is 0 Å². The van der Waals surface area contributed by atoms with Crippen molar-refractivity contribution in [3.63, 3.8) is 0 Å². The van der Waals surface area contributed by atoms with E-state index < -0.39 is 6.09 Å². The number of hydrogen-bond acceptors (Lipinski definition) is 2. The predicted molar refractivity (Wildman–Crippen MR) is 125 cm³/mol. The van der Waals surface area contributed by atoms with Crippen LogP contribution in [0.2, 0.25) is 0 Å². The van der Waals surface area contributed by atoms with Gasteiger partial charge in [0, 0.05) is 13.1 Å². The molecule has 30 heavy (non-hydrogen) atoms. The molecule has 2 rings (SSSR count). The fourth-order valence-electron chi connectivity index (χ4n) is 3.42. The first-order valence-electron chi connectivity index (χ1n) is 11.1. The van der Waals surface area contributed by atoms with Crippen molar-refractivity contribution in [3.8, 4) is 0 Å². The van der Waals surface area contributed by atoms with Crippen LogP contribution in [0.5, 0.6) is 0 Å². The van der Waals surface area contributed by atoms with E-state index in [2.05, 4.69) is 50.2 Å². The Morgan fingerprint density at radius 3 is 1.63 bits per heavy atom. The third-order valence-corrected chi connectivity index (χ3v) is 5.21. The number of carbonyl (C=O) groups is 1. The van der Waals surface area contributed by atoms with Crippen LogP contribution in [-0.4, -0.2) is 24.1 Å². The number of amides is 1. The average Bonchev–Trinajstić information content (AvgIpc) is 2.76. The lowest BCUT2D eigenvalue weighted by atomic mass is 10.0. The van der Waals surface area contributed by atoms with Crippen LogP contribution in [0.25, 0.3) is 12.2 Å². The SMILES string of the molecule is CCCCc1ccccc1/C=C/CN(C/C=C/c1ccccc1CCCC)C(=O)[O-]. The van der Waals surface area contributed by atoms with E-state index in [1.54, 1.807) is 0 Å². The minimum Gasteiger partial charge on any atom is -0.530 e. The molecule has 3 heteroatoms. The number of carbonyl (C=O) groups excluding carboxylic acids is 1. The quantitative estimate of drug-likeness (QED) is 0.452. The molecule has 0 aliphatic carbocycles. The molecule has 0 aromatic heterocycles. The van der Waals surface area contributed by atoms with E-state index in [0.29, 0.717) is 13.1 Å². The molecule has 0 radical (unpaired) electrons. The summed E-state index contributed by atoms with van der Waals surface area (Å²) in [6, 6.07) is 16.6. The molecule has 0 fully saturated rings. The maximum Gasteiger partial charge on any atom is 0.137 e. The lowest BCUT2D eigenvalue weighted by Crippen LogP contribution is -2.41. The van der Waals surface area contributed by atoms with Crippen molar-refractivity contribution >= 4 is 18.2 Å². The van der Waals surface area contributed by atoms with Gasteiger partial charge in [0.25, 0.3) is 0 Å². The molecule has 0 saturated heterocycles. The van der Waals surface area contributed by atoms with E-state index >= 15 is 0 Å². The van der Waals surface area contributed by atoms with Gasteiger partial charge >= 0.3 is 0 Å². The van der Waals surface area contributed by atoms with E-state index in [1.807, 2.05) is 36.4 Å². The van der Waals surface area contributed by atoms with Gasteiger partial charge in [-0.15, -0.1) is 0 Å². The van der Waals surface area contributed by atoms with Crippen LogP contribution >= 0.6 is 0 Å². The van der Waals surface area contributed by atoms with Crippen molar-refractivity contribution in [2.24, 2.45) is 0 Å². The second-order valence-corrected chi connectivity index (χ2v) is 7.58. The Balaban J connectivity index is 1.99. The summed E-state index contributed by atoms with van der Waals surface area (Å²) in [5.41, 5.74) is 4.92. The normalized spacial score (nSPS) is 11.4. The summed E-state index contributed by atoms with van der Waals surface area (Å²) >= 11 is 0. The van der Waals surface area contributed by atoms with Gasteiger partial charge in [0.05, 0.1) is 0 Å². The van der Waals surface area contributed by atoms with Gasteiger partial charge in [-0.25, -0.2) is 0 Å². The number of rotatable bonds is 12. The number of carboxylic acid groups (broad SMARTS) is 1. The minimum absolute atomic E-state index is 0.312. The Kier molecular flexibility index (Phi) is 10.5. The molecule has 0 atom stereocenters. The summed E-state index contributed by atoms with van der Waals surface area (Å²) in [4.78, 5) is 12.9. The van der Waals surface area contributed by atoms with Gasteiger partial charge in [0.2, 0.25) is 0 Å². The van der Waals surface area contributed by atoms with Gasteiger partial charge < -0.3 is 14.8 Å². The Morgan fingerprint density at radius 2 is 1.23 bits per heavy atom. The smallest absolute Gasteiger partial charge is 0.137 e. The Hall–Kier alpha value is -2.81. The zero-order valence-electron chi connectivity index (χ0n) is 18.3. The Labute approximate surface area is 181 Å². The summed E-state index contributed by atoms with van der Waals surface area (Å²) < 4.78 is 0. The summed E-state index contributed by atoms with van der Waals surface area (Å²) in [6.07, 6.45) is 13.4. The fourth-order valence-corrected chi connectivity index (χ4v) is 3.42. The zero-order valence-corrected chi connectivity index (χ0v) is 18.3. The zero-order chi connectivity index (χ0) is 21.6. The highest BCUT2D eigenvalue weighted by atomic mass is 16.4. The third-order valence-electron chi connectivity index (χ3n) is 5.21. The van der Waals surface area contributed by atoms with E-state index in [-0.39, 0.29) is 0 Å². The summed E-state index contributed by atoms with van der Waals surface area (Å²) in [7, 11) is 0. The summed E-state index contributed by atoms with van der Waals surface area (Å²) in [5.74, 6) is 0. The first kappa shape index (κ1) is 23.5. The standard InChI is InChI=1S/C27H35NO2/c1-3-5-13-23-15-7-9-17-25(23)19-11-21-28(27(29)30)22-12-20-26-18-10-8-16-24(26)14-6-4-2/h7-12,15-20H,3-6,13-14,21-22H2,1-2H3,(H,29,30)/p-1/b19-11+,20-12+. The monoisotopic (exact) mass is 404 g/mol. The molecule has 3 nitrogen and oxygen atoms in total. The maximum atomic E-state index is 11.5. The first-order valence-corrected chi connectivity index (χ1v) is 11.1. The van der Waals surface area contributed by atoms with Gasteiger partial charge in [0.1, 0.15) is 6.09 Å². The minimum atomic E-state index is -1.15. The Bertz CT molecular complexity index is 775. The molecule has 0 bridgehead atoms. The first-order chi connectivity index (χ1) is 14.7. The number of nitrogens with zero attached hydrogens (tertiary/aromatic N) is 1. The lowest BCUT2D eigenvalue weighted by Gasteiger charge is -2.22. The fraction of sp³-hybridized carbons (Fsp3) is 0.370. The van der Waals surface area contributed by atoms with Crippen LogP contribution in [0.4, 0.5) is 4.79 Å². The van der Waals surface area contributed by atoms with Gasteiger partial charge in [-0.3, -0.25) is 0 Å². The number of unbranched alkanes of at least 4 members (excludes halogenated alkanes) is 2. The molecular formula is C27H34NO2-. The Morgan fingerprint density at radius 1 is 0.800 bits per heavy atom. The van der Waals surface area contributed by atoms with Crippen molar-refractivity contribution in [2.45, 2.75) is 52.4 Å². The highest BCUT2D eigenvalue weighted by Crippen LogP contribution is 2.15. The van der Waals surface area contributed by atoms with E-state index in [0.717, 1.165) is 49.7 Å². The third kappa shape index (κ3) is 7.90. The van der Waals surface area contributed by atoms with Crippen molar-refractivity contribution in [2.75, 3.05) is 13.1 Å².